The lowest BCUT2D eigenvalue weighted by Crippen LogP contribution is -2.26. The molecule has 1 aliphatic rings. The number of hydrogen-bond acceptors (Lipinski definition) is 3. The zero-order valence-corrected chi connectivity index (χ0v) is 13.5. The van der Waals surface area contributed by atoms with Crippen molar-refractivity contribution in [3.8, 4) is 0 Å². The predicted molar refractivity (Wildman–Crippen MR) is 87.3 cm³/mol. The number of thioether (sulfide) groups is 1. The molecule has 2 nitrogen and oxygen atoms in total. The molecule has 0 spiro atoms. The van der Waals surface area contributed by atoms with E-state index in [0.717, 1.165) is 23.8 Å². The molecule has 0 aliphatic heterocycles. The summed E-state index contributed by atoms with van der Waals surface area (Å²) in [6.45, 7) is 2.72. The molecule has 20 heavy (non-hydrogen) atoms. The Bertz CT molecular complexity index is 396. The van der Waals surface area contributed by atoms with E-state index in [-0.39, 0.29) is 0 Å². The maximum absolute atomic E-state index is 10.5. The second-order valence-electron chi connectivity index (χ2n) is 6.03. The first-order chi connectivity index (χ1) is 9.62. The standard InChI is InChI=1S/C17H27NOS/c1-17(19,12-13-18-2)14-8-10-16(11-9-14)20-15-6-4-3-5-7-15/h8-11,15,18-19H,3-7,12-13H2,1-2H3. The van der Waals surface area contributed by atoms with Gasteiger partial charge in [0.1, 0.15) is 0 Å². The molecule has 2 rings (SSSR count). The third-order valence-electron chi connectivity index (χ3n) is 4.19. The Hall–Kier alpha value is -0.510. The minimum Gasteiger partial charge on any atom is -0.385 e. The van der Waals surface area contributed by atoms with Crippen molar-refractivity contribution in [1.82, 2.24) is 5.32 Å². The van der Waals surface area contributed by atoms with Gasteiger partial charge in [0.15, 0.2) is 0 Å². The van der Waals surface area contributed by atoms with Gasteiger partial charge in [0.05, 0.1) is 5.60 Å². The summed E-state index contributed by atoms with van der Waals surface area (Å²) in [6.07, 6.45) is 7.62. The van der Waals surface area contributed by atoms with Crippen molar-refractivity contribution < 1.29 is 5.11 Å². The van der Waals surface area contributed by atoms with Crippen molar-refractivity contribution in [3.63, 3.8) is 0 Å². The van der Waals surface area contributed by atoms with Gasteiger partial charge in [-0.25, -0.2) is 0 Å². The summed E-state index contributed by atoms with van der Waals surface area (Å²) in [5, 5.41) is 14.4. The van der Waals surface area contributed by atoms with Gasteiger partial charge in [-0.1, -0.05) is 31.4 Å². The molecule has 1 aromatic rings. The van der Waals surface area contributed by atoms with Gasteiger partial charge >= 0.3 is 0 Å². The highest BCUT2D eigenvalue weighted by Gasteiger charge is 2.22. The van der Waals surface area contributed by atoms with Crippen molar-refractivity contribution in [3.05, 3.63) is 29.8 Å². The fourth-order valence-corrected chi connectivity index (χ4v) is 4.03. The lowest BCUT2D eigenvalue weighted by molar-refractivity contribution is 0.0485. The number of aliphatic hydroxyl groups is 1. The third-order valence-corrected chi connectivity index (χ3v) is 5.54. The first kappa shape index (κ1) is 15.9. The van der Waals surface area contributed by atoms with E-state index in [1.807, 2.05) is 25.7 Å². The molecular weight excluding hydrogens is 266 g/mol. The van der Waals surface area contributed by atoms with Crippen molar-refractivity contribution in [1.29, 1.82) is 0 Å². The van der Waals surface area contributed by atoms with E-state index >= 15 is 0 Å². The zero-order chi connectivity index (χ0) is 14.4. The predicted octanol–water partition coefficient (Wildman–Crippen LogP) is 3.93. The molecule has 1 atom stereocenters. The SMILES string of the molecule is CNCCC(C)(O)c1ccc(SC2CCCCC2)cc1. The van der Waals surface area contributed by atoms with Crippen molar-refractivity contribution in [2.45, 2.75) is 61.2 Å². The number of benzene rings is 1. The summed E-state index contributed by atoms with van der Waals surface area (Å²) >= 11 is 2.01. The van der Waals surface area contributed by atoms with Crippen LogP contribution in [0.5, 0.6) is 0 Å². The number of nitrogens with one attached hydrogen (secondary N) is 1. The lowest BCUT2D eigenvalue weighted by atomic mass is 9.93. The molecule has 2 N–H and O–H groups in total. The molecule has 0 saturated heterocycles. The highest BCUT2D eigenvalue weighted by molar-refractivity contribution is 8.00. The summed E-state index contributed by atoms with van der Waals surface area (Å²) < 4.78 is 0. The van der Waals surface area contributed by atoms with Crippen LogP contribution in [0.25, 0.3) is 0 Å². The van der Waals surface area contributed by atoms with Crippen LogP contribution in [-0.2, 0) is 5.60 Å². The highest BCUT2D eigenvalue weighted by atomic mass is 32.2. The number of rotatable bonds is 6. The van der Waals surface area contributed by atoms with Crippen molar-refractivity contribution in [2.75, 3.05) is 13.6 Å². The van der Waals surface area contributed by atoms with E-state index in [2.05, 4.69) is 29.6 Å². The first-order valence-electron chi connectivity index (χ1n) is 7.76. The van der Waals surface area contributed by atoms with Gasteiger partial charge in [0.2, 0.25) is 0 Å². The van der Waals surface area contributed by atoms with Gasteiger partial charge in [-0.2, -0.15) is 0 Å². The van der Waals surface area contributed by atoms with Gasteiger partial charge in [-0.15, -0.1) is 11.8 Å². The molecule has 0 aromatic heterocycles. The van der Waals surface area contributed by atoms with Gasteiger partial charge in [0, 0.05) is 10.1 Å². The summed E-state index contributed by atoms with van der Waals surface area (Å²) in [7, 11) is 1.92. The maximum atomic E-state index is 10.5. The molecule has 0 heterocycles. The normalized spacial score (nSPS) is 19.8. The van der Waals surface area contributed by atoms with E-state index < -0.39 is 5.60 Å². The second-order valence-corrected chi connectivity index (χ2v) is 7.40. The Labute approximate surface area is 127 Å². The molecule has 1 saturated carbocycles. The fourth-order valence-electron chi connectivity index (χ4n) is 2.78. The van der Waals surface area contributed by atoms with E-state index in [4.69, 9.17) is 0 Å². The van der Waals surface area contributed by atoms with Crippen LogP contribution >= 0.6 is 11.8 Å². The smallest absolute Gasteiger partial charge is 0.0880 e. The molecule has 0 bridgehead atoms. The zero-order valence-electron chi connectivity index (χ0n) is 12.7. The highest BCUT2D eigenvalue weighted by Crippen LogP contribution is 2.34. The lowest BCUT2D eigenvalue weighted by Gasteiger charge is -2.25. The van der Waals surface area contributed by atoms with Crippen molar-refractivity contribution in [2.24, 2.45) is 0 Å². The Morgan fingerprint density at radius 1 is 1.20 bits per heavy atom. The van der Waals surface area contributed by atoms with Crippen LogP contribution in [0.15, 0.2) is 29.2 Å². The van der Waals surface area contributed by atoms with Crippen LogP contribution in [0.3, 0.4) is 0 Å². The Morgan fingerprint density at radius 2 is 1.85 bits per heavy atom. The fraction of sp³-hybridized carbons (Fsp3) is 0.647. The van der Waals surface area contributed by atoms with Gasteiger partial charge in [-0.05, 0) is 57.5 Å². The van der Waals surface area contributed by atoms with Crippen LogP contribution in [0, 0.1) is 0 Å². The second kappa shape index (κ2) is 7.48. The monoisotopic (exact) mass is 293 g/mol. The van der Waals surface area contributed by atoms with Gasteiger partial charge in [0.25, 0.3) is 0 Å². The topological polar surface area (TPSA) is 32.3 Å². The summed E-state index contributed by atoms with van der Waals surface area (Å²) in [4.78, 5) is 1.34. The minimum absolute atomic E-state index is 0.735. The van der Waals surface area contributed by atoms with Crippen LogP contribution < -0.4 is 5.32 Å². The number of hydrogen-bond donors (Lipinski definition) is 2. The first-order valence-corrected chi connectivity index (χ1v) is 8.64. The van der Waals surface area contributed by atoms with Crippen LogP contribution in [-0.4, -0.2) is 23.9 Å². The molecule has 1 aromatic carbocycles. The quantitative estimate of drug-likeness (QED) is 0.833. The molecule has 112 valence electrons. The van der Waals surface area contributed by atoms with Crippen LogP contribution in [0.1, 0.15) is 51.0 Å². The van der Waals surface area contributed by atoms with E-state index in [9.17, 15) is 5.11 Å². The summed E-state index contributed by atoms with van der Waals surface area (Å²) in [6, 6.07) is 8.51. The molecule has 1 aliphatic carbocycles. The van der Waals surface area contributed by atoms with E-state index in [1.54, 1.807) is 0 Å². The van der Waals surface area contributed by atoms with Crippen LogP contribution in [0.2, 0.25) is 0 Å². The molecule has 3 heteroatoms. The molecular formula is C17H27NOS. The third kappa shape index (κ3) is 4.51. The average molecular weight is 293 g/mol. The summed E-state index contributed by atoms with van der Waals surface area (Å²) in [5.74, 6) is 0. The van der Waals surface area contributed by atoms with Gasteiger partial charge < -0.3 is 10.4 Å². The molecule has 0 radical (unpaired) electrons. The Balaban J connectivity index is 1.94. The molecule has 1 fully saturated rings. The van der Waals surface area contributed by atoms with Crippen LogP contribution in [0.4, 0.5) is 0 Å². The Kier molecular flexibility index (Phi) is 5.94. The Morgan fingerprint density at radius 3 is 2.45 bits per heavy atom. The molecule has 0 amide bonds. The minimum atomic E-state index is -0.739. The van der Waals surface area contributed by atoms with E-state index in [1.165, 1.54) is 37.0 Å². The summed E-state index contributed by atoms with van der Waals surface area (Å²) in [5.41, 5.74) is 0.276. The van der Waals surface area contributed by atoms with Gasteiger partial charge in [-0.3, -0.25) is 0 Å². The molecule has 1 unspecified atom stereocenters. The average Bonchev–Trinajstić information content (AvgIpc) is 2.47. The largest absolute Gasteiger partial charge is 0.385 e. The maximum Gasteiger partial charge on any atom is 0.0880 e. The van der Waals surface area contributed by atoms with Crippen molar-refractivity contribution >= 4 is 11.8 Å². The van der Waals surface area contributed by atoms with E-state index in [0.29, 0.717) is 0 Å².